The predicted octanol–water partition coefficient (Wildman–Crippen LogP) is 4.73. The van der Waals surface area contributed by atoms with Gasteiger partial charge in [0, 0.05) is 17.0 Å². The molecule has 1 heterocycles. The third-order valence-electron chi connectivity index (χ3n) is 3.46. The first-order chi connectivity index (χ1) is 9.19. The Hall–Kier alpha value is -1.12. The number of aryl methyl sites for hydroxylation is 1. The number of rotatable bonds is 6. The summed E-state index contributed by atoms with van der Waals surface area (Å²) in [6.07, 6.45) is 2.23. The van der Waals surface area contributed by atoms with Gasteiger partial charge in [-0.1, -0.05) is 42.8 Å². The second-order valence-corrected chi connectivity index (χ2v) is 6.25. The van der Waals surface area contributed by atoms with Crippen LogP contribution in [-0.4, -0.2) is 6.04 Å². The highest BCUT2D eigenvalue weighted by molar-refractivity contribution is 7.09. The molecule has 0 spiro atoms. The third-order valence-corrected chi connectivity index (χ3v) is 4.36. The number of hydrogen-bond acceptors (Lipinski definition) is 2. The molecular formula is C17H23NS. The Balaban J connectivity index is 1.96. The van der Waals surface area contributed by atoms with E-state index in [-0.39, 0.29) is 0 Å². The van der Waals surface area contributed by atoms with Crippen LogP contribution in [0.3, 0.4) is 0 Å². The molecule has 0 aliphatic carbocycles. The zero-order chi connectivity index (χ0) is 13.7. The normalized spacial score (nSPS) is 14.3. The summed E-state index contributed by atoms with van der Waals surface area (Å²) in [7, 11) is 0. The van der Waals surface area contributed by atoms with Crippen molar-refractivity contribution in [2.24, 2.45) is 0 Å². The number of hydrogen-bond donors (Lipinski definition) is 1. The van der Waals surface area contributed by atoms with Crippen LogP contribution in [0.25, 0.3) is 0 Å². The van der Waals surface area contributed by atoms with Crippen molar-refractivity contribution in [3.63, 3.8) is 0 Å². The van der Waals surface area contributed by atoms with Gasteiger partial charge in [-0.2, -0.15) is 0 Å². The van der Waals surface area contributed by atoms with Crippen molar-refractivity contribution in [3.05, 3.63) is 57.8 Å². The average molecular weight is 273 g/mol. The van der Waals surface area contributed by atoms with Gasteiger partial charge in [0.2, 0.25) is 0 Å². The van der Waals surface area contributed by atoms with Gasteiger partial charge in [-0.25, -0.2) is 0 Å². The zero-order valence-corrected chi connectivity index (χ0v) is 12.8. The molecule has 0 aliphatic rings. The monoisotopic (exact) mass is 273 g/mol. The summed E-state index contributed by atoms with van der Waals surface area (Å²) in [6, 6.07) is 14.2. The molecule has 0 bridgehead atoms. The molecular weight excluding hydrogens is 250 g/mol. The summed E-state index contributed by atoms with van der Waals surface area (Å²) < 4.78 is 0. The molecule has 0 fully saturated rings. The van der Waals surface area contributed by atoms with Crippen molar-refractivity contribution in [2.45, 2.75) is 45.7 Å². The minimum absolute atomic E-state index is 0.454. The minimum Gasteiger partial charge on any atom is -0.307 e. The van der Waals surface area contributed by atoms with Crippen LogP contribution in [-0.2, 0) is 6.42 Å². The Kier molecular flexibility index (Phi) is 5.17. The summed E-state index contributed by atoms with van der Waals surface area (Å²) in [5.41, 5.74) is 2.72. The fourth-order valence-corrected chi connectivity index (χ4v) is 3.22. The van der Waals surface area contributed by atoms with Crippen molar-refractivity contribution >= 4 is 11.3 Å². The summed E-state index contributed by atoms with van der Waals surface area (Å²) in [5.74, 6) is 0. The van der Waals surface area contributed by atoms with E-state index in [0.29, 0.717) is 12.1 Å². The molecule has 1 aromatic carbocycles. The van der Waals surface area contributed by atoms with Gasteiger partial charge in [-0.3, -0.25) is 0 Å². The van der Waals surface area contributed by atoms with Gasteiger partial charge in [0.1, 0.15) is 0 Å². The first kappa shape index (κ1) is 14.3. The van der Waals surface area contributed by atoms with Crippen molar-refractivity contribution < 1.29 is 0 Å². The van der Waals surface area contributed by atoms with Crippen LogP contribution in [0.5, 0.6) is 0 Å². The van der Waals surface area contributed by atoms with Crippen molar-refractivity contribution in [1.82, 2.24) is 5.32 Å². The number of thiophene rings is 1. The second-order valence-electron chi connectivity index (χ2n) is 5.22. The van der Waals surface area contributed by atoms with E-state index in [0.717, 1.165) is 12.8 Å². The molecule has 0 radical (unpaired) electrons. The number of nitrogens with one attached hydrogen (secondary N) is 1. The minimum atomic E-state index is 0.454. The van der Waals surface area contributed by atoms with Gasteiger partial charge >= 0.3 is 0 Å². The molecule has 1 nitrogen and oxygen atoms in total. The van der Waals surface area contributed by atoms with Gasteiger partial charge in [-0.05, 0) is 43.7 Å². The fraction of sp³-hybridized carbons (Fsp3) is 0.412. The molecule has 0 amide bonds. The Morgan fingerprint density at radius 2 is 1.89 bits per heavy atom. The molecule has 102 valence electrons. The quantitative estimate of drug-likeness (QED) is 0.802. The summed E-state index contributed by atoms with van der Waals surface area (Å²) >= 11 is 1.84. The Bertz CT molecular complexity index is 472. The zero-order valence-electron chi connectivity index (χ0n) is 12.0. The molecule has 1 N–H and O–H groups in total. The molecule has 19 heavy (non-hydrogen) atoms. The summed E-state index contributed by atoms with van der Waals surface area (Å²) in [5, 5.41) is 5.90. The van der Waals surface area contributed by atoms with Crippen LogP contribution >= 0.6 is 11.3 Å². The first-order valence-electron chi connectivity index (χ1n) is 7.04. The molecule has 2 rings (SSSR count). The Morgan fingerprint density at radius 1 is 1.16 bits per heavy atom. The molecule has 0 aliphatic heterocycles. The summed E-state index contributed by atoms with van der Waals surface area (Å²) in [4.78, 5) is 1.46. The van der Waals surface area contributed by atoms with E-state index in [1.807, 2.05) is 11.3 Å². The lowest BCUT2D eigenvalue weighted by molar-refractivity contribution is 0.445. The second kappa shape index (κ2) is 6.88. The number of benzene rings is 1. The van der Waals surface area contributed by atoms with Crippen LogP contribution in [0.1, 0.15) is 42.3 Å². The smallest absolute Gasteiger partial charge is 0.0320 e. The Morgan fingerprint density at radius 3 is 2.47 bits per heavy atom. The molecule has 0 saturated carbocycles. The summed E-state index contributed by atoms with van der Waals surface area (Å²) in [6.45, 7) is 6.66. The van der Waals surface area contributed by atoms with E-state index >= 15 is 0 Å². The third kappa shape index (κ3) is 4.19. The predicted molar refractivity (Wildman–Crippen MR) is 84.8 cm³/mol. The van der Waals surface area contributed by atoms with E-state index in [4.69, 9.17) is 0 Å². The molecule has 2 heteroatoms. The Labute approximate surface area is 120 Å². The molecule has 1 aromatic heterocycles. The van der Waals surface area contributed by atoms with Gasteiger partial charge in [-0.15, -0.1) is 11.3 Å². The van der Waals surface area contributed by atoms with Crippen LogP contribution in [0, 0.1) is 6.92 Å². The van der Waals surface area contributed by atoms with Crippen LogP contribution in [0.15, 0.2) is 41.8 Å². The van der Waals surface area contributed by atoms with Crippen molar-refractivity contribution in [3.8, 4) is 0 Å². The van der Waals surface area contributed by atoms with E-state index < -0.39 is 0 Å². The fourth-order valence-electron chi connectivity index (χ4n) is 2.38. The topological polar surface area (TPSA) is 12.0 Å². The van der Waals surface area contributed by atoms with Crippen molar-refractivity contribution in [2.75, 3.05) is 0 Å². The van der Waals surface area contributed by atoms with E-state index in [9.17, 15) is 0 Å². The lowest BCUT2D eigenvalue weighted by Crippen LogP contribution is -2.31. The van der Waals surface area contributed by atoms with Crippen LogP contribution < -0.4 is 5.32 Å². The molecule has 2 aromatic rings. The van der Waals surface area contributed by atoms with Crippen LogP contribution in [0.2, 0.25) is 0 Å². The van der Waals surface area contributed by atoms with Gasteiger partial charge in [0.25, 0.3) is 0 Å². The maximum atomic E-state index is 3.75. The highest BCUT2D eigenvalue weighted by Gasteiger charge is 2.13. The van der Waals surface area contributed by atoms with Gasteiger partial charge in [0.15, 0.2) is 0 Å². The van der Waals surface area contributed by atoms with E-state index in [1.54, 1.807) is 0 Å². The highest BCUT2D eigenvalue weighted by Crippen LogP contribution is 2.19. The average Bonchev–Trinajstić information content (AvgIpc) is 2.90. The van der Waals surface area contributed by atoms with Crippen LogP contribution in [0.4, 0.5) is 0 Å². The van der Waals surface area contributed by atoms with E-state index in [2.05, 4.69) is 67.9 Å². The lowest BCUT2D eigenvalue weighted by atomic mass is 10.0. The maximum Gasteiger partial charge on any atom is 0.0320 e. The largest absolute Gasteiger partial charge is 0.307 e. The van der Waals surface area contributed by atoms with Crippen molar-refractivity contribution in [1.29, 1.82) is 0 Å². The lowest BCUT2D eigenvalue weighted by Gasteiger charge is -2.22. The molecule has 0 saturated heterocycles. The van der Waals surface area contributed by atoms with Gasteiger partial charge in [0.05, 0.1) is 0 Å². The highest BCUT2D eigenvalue weighted by atomic mass is 32.1. The molecule has 2 atom stereocenters. The molecule has 2 unspecified atom stereocenters. The SMILES string of the molecule is CCC(NC(C)Cc1cccs1)c1ccc(C)cc1. The first-order valence-corrected chi connectivity index (χ1v) is 7.92. The standard InChI is InChI=1S/C17H23NS/c1-4-17(15-9-7-13(2)8-10-15)18-14(3)12-16-6-5-11-19-16/h5-11,14,17-18H,4,12H2,1-3H3. The van der Waals surface area contributed by atoms with E-state index in [1.165, 1.54) is 16.0 Å². The maximum absolute atomic E-state index is 3.75. The van der Waals surface area contributed by atoms with Gasteiger partial charge < -0.3 is 5.32 Å².